The fourth-order valence-corrected chi connectivity index (χ4v) is 2.47. The molecule has 1 unspecified atom stereocenters. The Balaban J connectivity index is 2.05. The van der Waals surface area contributed by atoms with Gasteiger partial charge in [-0.3, -0.25) is 10.1 Å². The Kier molecular flexibility index (Phi) is 4.52. The van der Waals surface area contributed by atoms with E-state index in [-0.39, 0.29) is 17.4 Å². The first-order valence-electron chi connectivity index (χ1n) is 6.07. The van der Waals surface area contributed by atoms with Crippen molar-refractivity contribution in [3.8, 4) is 5.75 Å². The molecule has 7 heteroatoms. The van der Waals surface area contributed by atoms with Crippen molar-refractivity contribution in [2.75, 3.05) is 19.0 Å². The summed E-state index contributed by atoms with van der Waals surface area (Å²) < 4.78 is 5.03. The lowest BCUT2D eigenvalue weighted by atomic mass is 10.2. The van der Waals surface area contributed by atoms with Crippen LogP contribution in [0.1, 0.15) is 17.8 Å². The first-order valence-corrected chi connectivity index (χ1v) is 6.95. The van der Waals surface area contributed by atoms with E-state index in [0.29, 0.717) is 6.54 Å². The summed E-state index contributed by atoms with van der Waals surface area (Å²) in [5.74, 6) is 0.526. The molecule has 1 heterocycles. The summed E-state index contributed by atoms with van der Waals surface area (Å²) in [6, 6.07) is 4.75. The predicted octanol–water partition coefficient (Wildman–Crippen LogP) is 3.28. The van der Waals surface area contributed by atoms with Gasteiger partial charge in [0.05, 0.1) is 17.0 Å². The molecule has 0 spiro atoms. The van der Waals surface area contributed by atoms with Crippen LogP contribution in [0.3, 0.4) is 0 Å². The molecule has 0 saturated heterocycles. The summed E-state index contributed by atoms with van der Waals surface area (Å²) in [5, 5.41) is 17.1. The quantitative estimate of drug-likeness (QED) is 0.653. The Bertz CT molecular complexity index is 587. The molecule has 1 N–H and O–H groups in total. The maximum Gasteiger partial charge on any atom is 0.311 e. The molecule has 0 radical (unpaired) electrons. The highest BCUT2D eigenvalue weighted by Crippen LogP contribution is 2.30. The molecule has 6 nitrogen and oxygen atoms in total. The number of hydrogen-bond acceptors (Lipinski definition) is 6. The Morgan fingerprint density at radius 2 is 2.35 bits per heavy atom. The van der Waals surface area contributed by atoms with Gasteiger partial charge < -0.3 is 10.1 Å². The molecule has 0 aliphatic heterocycles. The van der Waals surface area contributed by atoms with Gasteiger partial charge in [-0.1, -0.05) is 6.92 Å². The fourth-order valence-electron chi connectivity index (χ4n) is 1.77. The van der Waals surface area contributed by atoms with Gasteiger partial charge in [0.25, 0.3) is 0 Å². The zero-order valence-electron chi connectivity index (χ0n) is 11.2. The van der Waals surface area contributed by atoms with Crippen molar-refractivity contribution in [1.29, 1.82) is 0 Å². The molecule has 106 valence electrons. The van der Waals surface area contributed by atoms with E-state index in [1.807, 2.05) is 5.38 Å². The molecule has 1 atom stereocenters. The van der Waals surface area contributed by atoms with Gasteiger partial charge in [0.2, 0.25) is 0 Å². The normalized spacial score (nSPS) is 11.9. The van der Waals surface area contributed by atoms with Crippen LogP contribution < -0.4 is 10.1 Å². The van der Waals surface area contributed by atoms with Crippen LogP contribution in [0, 0.1) is 10.1 Å². The number of nitro benzene ring substituents is 1. The Morgan fingerprint density at radius 1 is 1.55 bits per heavy atom. The van der Waals surface area contributed by atoms with E-state index in [9.17, 15) is 10.1 Å². The van der Waals surface area contributed by atoms with Crippen molar-refractivity contribution in [3.63, 3.8) is 0 Å². The number of nitrogens with one attached hydrogen (secondary N) is 1. The van der Waals surface area contributed by atoms with Crippen molar-refractivity contribution in [1.82, 2.24) is 4.98 Å². The highest BCUT2D eigenvalue weighted by molar-refractivity contribution is 7.09. The number of anilines is 1. The number of aromatic nitrogens is 1. The van der Waals surface area contributed by atoms with E-state index in [1.54, 1.807) is 29.7 Å². The molecule has 1 aromatic heterocycles. The summed E-state index contributed by atoms with van der Waals surface area (Å²) in [6.07, 6.45) is 1.78. The minimum absolute atomic E-state index is 0.0361. The second-order valence-electron chi connectivity index (χ2n) is 4.30. The number of thiazole rings is 1. The lowest BCUT2D eigenvalue weighted by molar-refractivity contribution is -0.385. The van der Waals surface area contributed by atoms with Gasteiger partial charge in [-0.25, -0.2) is 4.98 Å². The van der Waals surface area contributed by atoms with E-state index >= 15 is 0 Å². The average molecular weight is 293 g/mol. The fraction of sp³-hybridized carbons (Fsp3) is 0.308. The van der Waals surface area contributed by atoms with E-state index < -0.39 is 4.92 Å². The monoisotopic (exact) mass is 293 g/mol. The van der Waals surface area contributed by atoms with Crippen LogP contribution in [0.5, 0.6) is 5.75 Å². The Labute approximate surface area is 120 Å². The first-order chi connectivity index (χ1) is 9.61. The Morgan fingerprint density at radius 3 is 2.95 bits per heavy atom. The number of methoxy groups -OCH3 is 1. The van der Waals surface area contributed by atoms with Crippen LogP contribution in [0.2, 0.25) is 0 Å². The van der Waals surface area contributed by atoms with Gasteiger partial charge in [-0.05, 0) is 6.07 Å². The van der Waals surface area contributed by atoms with Crippen LogP contribution in [-0.4, -0.2) is 23.6 Å². The van der Waals surface area contributed by atoms with Crippen LogP contribution in [0.15, 0.2) is 29.8 Å². The maximum atomic E-state index is 10.8. The summed E-state index contributed by atoms with van der Waals surface area (Å²) in [6.45, 7) is 2.78. The van der Waals surface area contributed by atoms with Gasteiger partial charge in [-0.15, -0.1) is 11.3 Å². The molecule has 0 fully saturated rings. The number of hydrogen-bond donors (Lipinski definition) is 1. The molecule has 0 amide bonds. The topological polar surface area (TPSA) is 77.3 Å². The van der Waals surface area contributed by atoms with Gasteiger partial charge in [0.1, 0.15) is 0 Å². The lowest BCUT2D eigenvalue weighted by Gasteiger charge is -2.12. The predicted molar refractivity (Wildman–Crippen MR) is 78.7 cm³/mol. The smallest absolute Gasteiger partial charge is 0.311 e. The first kappa shape index (κ1) is 14.3. The molecule has 0 saturated carbocycles. The minimum Gasteiger partial charge on any atom is -0.490 e. The van der Waals surface area contributed by atoms with Crippen LogP contribution in [0.25, 0.3) is 0 Å². The number of rotatable bonds is 6. The highest BCUT2D eigenvalue weighted by atomic mass is 32.1. The van der Waals surface area contributed by atoms with E-state index in [2.05, 4.69) is 17.2 Å². The zero-order valence-corrected chi connectivity index (χ0v) is 12.0. The SMILES string of the molecule is COc1cc(NCC(C)c2nccs2)ccc1[N+](=O)[O-]. The standard InChI is InChI=1S/C13H15N3O3S/c1-9(13-14-5-6-20-13)8-15-10-3-4-11(16(17)18)12(7-10)19-2/h3-7,9,15H,8H2,1-2H3. The summed E-state index contributed by atoms with van der Waals surface area (Å²) in [5.41, 5.74) is 0.752. The summed E-state index contributed by atoms with van der Waals surface area (Å²) in [7, 11) is 1.42. The lowest BCUT2D eigenvalue weighted by Crippen LogP contribution is -2.09. The highest BCUT2D eigenvalue weighted by Gasteiger charge is 2.15. The third kappa shape index (κ3) is 3.24. The zero-order chi connectivity index (χ0) is 14.5. The molecule has 20 heavy (non-hydrogen) atoms. The van der Waals surface area contributed by atoms with Crippen molar-refractivity contribution in [2.45, 2.75) is 12.8 Å². The number of nitrogens with zero attached hydrogens (tertiary/aromatic N) is 2. The van der Waals surface area contributed by atoms with Gasteiger partial charge in [0.15, 0.2) is 5.75 Å². The van der Waals surface area contributed by atoms with Gasteiger partial charge in [-0.2, -0.15) is 0 Å². The van der Waals surface area contributed by atoms with Crippen LogP contribution in [-0.2, 0) is 0 Å². The second kappa shape index (κ2) is 6.33. The minimum atomic E-state index is -0.458. The van der Waals surface area contributed by atoms with Crippen molar-refractivity contribution in [2.24, 2.45) is 0 Å². The van der Waals surface area contributed by atoms with Crippen LogP contribution >= 0.6 is 11.3 Å². The largest absolute Gasteiger partial charge is 0.490 e. The number of ether oxygens (including phenoxy) is 1. The van der Waals surface area contributed by atoms with E-state index in [1.165, 1.54) is 13.2 Å². The van der Waals surface area contributed by atoms with Crippen molar-refractivity contribution in [3.05, 3.63) is 44.9 Å². The van der Waals surface area contributed by atoms with Gasteiger partial charge in [0, 0.05) is 41.9 Å². The molecule has 0 aliphatic carbocycles. The molecular weight excluding hydrogens is 278 g/mol. The third-order valence-electron chi connectivity index (χ3n) is 2.86. The molecule has 0 aliphatic rings. The van der Waals surface area contributed by atoms with Crippen LogP contribution in [0.4, 0.5) is 11.4 Å². The molecular formula is C13H15N3O3S. The van der Waals surface area contributed by atoms with Gasteiger partial charge >= 0.3 is 5.69 Å². The number of nitro groups is 1. The molecule has 2 aromatic rings. The summed E-state index contributed by atoms with van der Waals surface area (Å²) >= 11 is 1.62. The molecule has 1 aromatic carbocycles. The Hall–Kier alpha value is -2.15. The van der Waals surface area contributed by atoms with Crippen molar-refractivity contribution < 1.29 is 9.66 Å². The number of benzene rings is 1. The second-order valence-corrected chi connectivity index (χ2v) is 5.22. The molecule has 2 rings (SSSR count). The van der Waals surface area contributed by atoms with E-state index in [0.717, 1.165) is 10.7 Å². The molecule has 0 bridgehead atoms. The van der Waals surface area contributed by atoms with Crippen molar-refractivity contribution >= 4 is 22.7 Å². The average Bonchev–Trinajstić information content (AvgIpc) is 2.98. The maximum absolute atomic E-state index is 10.8. The van der Waals surface area contributed by atoms with E-state index in [4.69, 9.17) is 4.74 Å². The third-order valence-corrected chi connectivity index (χ3v) is 3.87. The summed E-state index contributed by atoms with van der Waals surface area (Å²) in [4.78, 5) is 14.6.